The number of carboxylic acids is 1. The summed E-state index contributed by atoms with van der Waals surface area (Å²) in [4.78, 5) is 15.2. The summed E-state index contributed by atoms with van der Waals surface area (Å²) in [6.07, 6.45) is 0. The number of benzene rings is 1. The number of aryl methyl sites for hydroxylation is 2. The number of oxazole rings is 1. The first-order valence-electron chi connectivity index (χ1n) is 5.85. The molecule has 0 unspecified atom stereocenters. The second-order valence-electron chi connectivity index (χ2n) is 4.32. The molecule has 0 aliphatic carbocycles. The molecule has 7 heteroatoms. The van der Waals surface area contributed by atoms with Gasteiger partial charge in [-0.1, -0.05) is 0 Å². The van der Waals surface area contributed by atoms with Crippen LogP contribution in [0.15, 0.2) is 38.9 Å². The van der Waals surface area contributed by atoms with Crippen molar-refractivity contribution in [3.8, 4) is 0 Å². The summed E-state index contributed by atoms with van der Waals surface area (Å²) in [5.74, 6) is -0.986. The molecule has 0 amide bonds. The smallest absolute Gasteiger partial charge is 0.335 e. The zero-order valence-corrected chi connectivity index (χ0v) is 11.6. The van der Waals surface area contributed by atoms with E-state index in [1.807, 2.05) is 20.0 Å². The SMILES string of the molecule is Cc1cc(Sc2nc3ccc(C(=O)O)cc3o2)n(C)n1. The quantitative estimate of drug-likeness (QED) is 0.798. The Morgan fingerprint density at radius 3 is 2.85 bits per heavy atom. The van der Waals surface area contributed by atoms with Gasteiger partial charge in [0.1, 0.15) is 10.5 Å². The molecule has 0 bridgehead atoms. The van der Waals surface area contributed by atoms with Crippen molar-refractivity contribution in [2.24, 2.45) is 7.05 Å². The lowest BCUT2D eigenvalue weighted by Gasteiger charge is -1.95. The Labute approximate surface area is 118 Å². The van der Waals surface area contributed by atoms with Crippen LogP contribution in [-0.2, 0) is 7.05 Å². The predicted octanol–water partition coefficient (Wildman–Crippen LogP) is 2.72. The molecule has 3 aromatic rings. The molecule has 20 heavy (non-hydrogen) atoms. The lowest BCUT2D eigenvalue weighted by molar-refractivity contribution is 0.0697. The van der Waals surface area contributed by atoms with Crippen LogP contribution in [0.5, 0.6) is 0 Å². The summed E-state index contributed by atoms with van der Waals surface area (Å²) in [7, 11) is 1.85. The van der Waals surface area contributed by atoms with E-state index in [1.54, 1.807) is 10.7 Å². The van der Waals surface area contributed by atoms with Crippen LogP contribution in [0.4, 0.5) is 0 Å². The maximum atomic E-state index is 10.9. The van der Waals surface area contributed by atoms with Gasteiger partial charge in [-0.15, -0.1) is 0 Å². The molecular formula is C13H11N3O3S. The molecule has 0 atom stereocenters. The Kier molecular flexibility index (Phi) is 2.98. The average molecular weight is 289 g/mol. The lowest BCUT2D eigenvalue weighted by Crippen LogP contribution is -1.94. The number of fused-ring (bicyclic) bond motifs is 1. The van der Waals surface area contributed by atoms with E-state index in [0.29, 0.717) is 16.3 Å². The van der Waals surface area contributed by atoms with Crippen LogP contribution >= 0.6 is 11.8 Å². The second-order valence-corrected chi connectivity index (χ2v) is 5.29. The first kappa shape index (κ1) is 12.7. The molecule has 0 fully saturated rings. The van der Waals surface area contributed by atoms with Crippen molar-refractivity contribution in [1.29, 1.82) is 0 Å². The van der Waals surface area contributed by atoms with Gasteiger partial charge in [0.25, 0.3) is 5.22 Å². The Bertz CT molecular complexity index is 806. The molecule has 0 aliphatic rings. The predicted molar refractivity (Wildman–Crippen MR) is 73.0 cm³/mol. The minimum atomic E-state index is -0.986. The number of hydrogen-bond donors (Lipinski definition) is 1. The van der Waals surface area contributed by atoms with Crippen molar-refractivity contribution in [1.82, 2.24) is 14.8 Å². The van der Waals surface area contributed by atoms with Crippen molar-refractivity contribution in [3.63, 3.8) is 0 Å². The third-order valence-electron chi connectivity index (χ3n) is 2.77. The van der Waals surface area contributed by atoms with Gasteiger partial charge in [0, 0.05) is 7.05 Å². The molecule has 0 saturated carbocycles. The summed E-state index contributed by atoms with van der Waals surface area (Å²) in [6, 6.07) is 6.56. The highest BCUT2D eigenvalue weighted by molar-refractivity contribution is 7.99. The van der Waals surface area contributed by atoms with Crippen molar-refractivity contribution in [3.05, 3.63) is 35.5 Å². The average Bonchev–Trinajstić information content (AvgIpc) is 2.91. The minimum Gasteiger partial charge on any atom is -0.478 e. The van der Waals surface area contributed by atoms with Gasteiger partial charge in [0.2, 0.25) is 0 Å². The maximum absolute atomic E-state index is 10.9. The molecular weight excluding hydrogens is 278 g/mol. The molecule has 3 rings (SSSR count). The highest BCUT2D eigenvalue weighted by Gasteiger charge is 2.12. The molecule has 2 heterocycles. The molecule has 0 spiro atoms. The standard InChI is InChI=1S/C13H11N3O3S/c1-7-5-11(16(2)15-7)20-13-14-9-4-3-8(12(17)18)6-10(9)19-13/h3-6H,1-2H3,(H,17,18). The number of carbonyl (C=O) groups is 1. The number of rotatable bonds is 3. The number of aromatic nitrogens is 3. The van der Waals surface area contributed by atoms with Gasteiger partial charge in [-0.2, -0.15) is 5.10 Å². The number of aromatic carboxylic acids is 1. The zero-order chi connectivity index (χ0) is 14.3. The zero-order valence-electron chi connectivity index (χ0n) is 10.8. The monoisotopic (exact) mass is 289 g/mol. The van der Waals surface area contributed by atoms with Gasteiger partial charge in [0.15, 0.2) is 5.58 Å². The van der Waals surface area contributed by atoms with E-state index in [1.165, 1.54) is 23.9 Å². The summed E-state index contributed by atoms with van der Waals surface area (Å²) < 4.78 is 7.32. The number of carboxylic acid groups (broad SMARTS) is 1. The highest BCUT2D eigenvalue weighted by Crippen LogP contribution is 2.30. The van der Waals surface area contributed by atoms with Gasteiger partial charge in [0.05, 0.1) is 11.3 Å². The van der Waals surface area contributed by atoms with E-state index in [0.717, 1.165) is 10.7 Å². The number of hydrogen-bond acceptors (Lipinski definition) is 5. The van der Waals surface area contributed by atoms with Gasteiger partial charge >= 0.3 is 5.97 Å². The van der Waals surface area contributed by atoms with Gasteiger partial charge < -0.3 is 9.52 Å². The summed E-state index contributed by atoms with van der Waals surface area (Å²) in [5.41, 5.74) is 2.20. The van der Waals surface area contributed by atoms with E-state index in [-0.39, 0.29) is 5.56 Å². The normalized spacial score (nSPS) is 11.1. The van der Waals surface area contributed by atoms with Gasteiger partial charge in [-0.05, 0) is 43.0 Å². The third kappa shape index (κ3) is 2.27. The van der Waals surface area contributed by atoms with Crippen LogP contribution in [-0.4, -0.2) is 25.8 Å². The first-order chi connectivity index (χ1) is 9.52. The molecule has 1 aromatic carbocycles. The van der Waals surface area contributed by atoms with E-state index in [4.69, 9.17) is 9.52 Å². The fourth-order valence-electron chi connectivity index (χ4n) is 1.85. The van der Waals surface area contributed by atoms with Gasteiger partial charge in [-0.3, -0.25) is 4.68 Å². The summed E-state index contributed by atoms with van der Waals surface area (Å²) in [6.45, 7) is 1.91. The summed E-state index contributed by atoms with van der Waals surface area (Å²) >= 11 is 1.35. The lowest BCUT2D eigenvalue weighted by atomic mass is 10.2. The topological polar surface area (TPSA) is 81.1 Å². The molecule has 6 nitrogen and oxygen atoms in total. The van der Waals surface area contributed by atoms with Crippen molar-refractivity contribution >= 4 is 28.8 Å². The Morgan fingerprint density at radius 2 is 2.20 bits per heavy atom. The van der Waals surface area contributed by atoms with Crippen LogP contribution < -0.4 is 0 Å². The maximum Gasteiger partial charge on any atom is 0.335 e. The van der Waals surface area contributed by atoms with E-state index in [2.05, 4.69) is 10.1 Å². The molecule has 0 aliphatic heterocycles. The highest BCUT2D eigenvalue weighted by atomic mass is 32.2. The fraction of sp³-hybridized carbons (Fsp3) is 0.154. The largest absolute Gasteiger partial charge is 0.478 e. The van der Waals surface area contributed by atoms with Gasteiger partial charge in [-0.25, -0.2) is 9.78 Å². The fourth-order valence-corrected chi connectivity index (χ4v) is 2.71. The van der Waals surface area contributed by atoms with Crippen LogP contribution in [0.25, 0.3) is 11.1 Å². The van der Waals surface area contributed by atoms with Crippen LogP contribution in [0.1, 0.15) is 16.1 Å². The summed E-state index contributed by atoms with van der Waals surface area (Å²) in [5, 5.41) is 14.6. The Balaban J connectivity index is 1.96. The third-order valence-corrected chi connectivity index (χ3v) is 3.71. The minimum absolute atomic E-state index is 0.182. The Morgan fingerprint density at radius 1 is 1.40 bits per heavy atom. The van der Waals surface area contributed by atoms with E-state index in [9.17, 15) is 4.79 Å². The van der Waals surface area contributed by atoms with E-state index < -0.39 is 5.97 Å². The first-order valence-corrected chi connectivity index (χ1v) is 6.67. The molecule has 2 aromatic heterocycles. The van der Waals surface area contributed by atoms with E-state index >= 15 is 0 Å². The molecule has 0 saturated heterocycles. The molecule has 0 radical (unpaired) electrons. The number of nitrogens with zero attached hydrogens (tertiary/aromatic N) is 3. The van der Waals surface area contributed by atoms with Crippen LogP contribution in [0.2, 0.25) is 0 Å². The second kappa shape index (κ2) is 4.68. The molecule has 102 valence electrons. The van der Waals surface area contributed by atoms with Crippen molar-refractivity contribution < 1.29 is 14.3 Å². The van der Waals surface area contributed by atoms with Crippen molar-refractivity contribution in [2.45, 2.75) is 17.2 Å². The van der Waals surface area contributed by atoms with Crippen LogP contribution in [0, 0.1) is 6.92 Å². The van der Waals surface area contributed by atoms with Crippen molar-refractivity contribution in [2.75, 3.05) is 0 Å². The van der Waals surface area contributed by atoms with Crippen LogP contribution in [0.3, 0.4) is 0 Å². The molecule has 1 N–H and O–H groups in total. The Hall–Kier alpha value is -2.28.